The third-order valence-corrected chi connectivity index (χ3v) is 5.49. The van der Waals surface area contributed by atoms with E-state index in [4.69, 9.17) is 9.47 Å². The minimum absolute atomic E-state index is 0.311. The van der Waals surface area contributed by atoms with E-state index in [1.165, 1.54) is 24.8 Å². The third kappa shape index (κ3) is 2.47. The predicted molar refractivity (Wildman–Crippen MR) is 84.6 cm³/mol. The largest absolute Gasteiger partial charge is 0.496 e. The van der Waals surface area contributed by atoms with Gasteiger partial charge in [0, 0.05) is 29.7 Å². The molecule has 0 heterocycles. The van der Waals surface area contributed by atoms with Crippen molar-refractivity contribution >= 4 is 0 Å². The standard InChI is InChI=1S/C18H27NO2/c1-4-21-17-12-16(18(17)10-7-11-18)19-13(2)14-8-5-6-9-15(14)20-3/h5-6,8-9,13,16-17,19H,4,7,10-12H2,1-3H3/t13-,16?,17?/m0/s1. The molecule has 1 spiro atoms. The van der Waals surface area contributed by atoms with Crippen LogP contribution in [0.25, 0.3) is 0 Å². The van der Waals surface area contributed by atoms with Gasteiger partial charge in [-0.3, -0.25) is 0 Å². The van der Waals surface area contributed by atoms with Crippen molar-refractivity contribution in [3.05, 3.63) is 29.8 Å². The smallest absolute Gasteiger partial charge is 0.123 e. The number of para-hydroxylation sites is 1. The van der Waals surface area contributed by atoms with Crippen molar-refractivity contribution in [2.75, 3.05) is 13.7 Å². The van der Waals surface area contributed by atoms with Gasteiger partial charge in [0.2, 0.25) is 0 Å². The van der Waals surface area contributed by atoms with E-state index >= 15 is 0 Å². The molecule has 1 aromatic carbocycles. The van der Waals surface area contributed by atoms with E-state index in [-0.39, 0.29) is 0 Å². The maximum atomic E-state index is 5.93. The molecule has 0 aliphatic heterocycles. The maximum Gasteiger partial charge on any atom is 0.123 e. The fourth-order valence-corrected chi connectivity index (χ4v) is 4.09. The molecule has 2 aliphatic carbocycles. The van der Waals surface area contributed by atoms with Crippen molar-refractivity contribution in [1.29, 1.82) is 0 Å². The molecule has 2 saturated carbocycles. The van der Waals surface area contributed by atoms with E-state index in [1.807, 2.05) is 12.1 Å². The first-order chi connectivity index (χ1) is 10.2. The van der Waals surface area contributed by atoms with Crippen LogP contribution in [0.2, 0.25) is 0 Å². The number of ether oxygens (including phenoxy) is 2. The van der Waals surface area contributed by atoms with Crippen LogP contribution in [0.15, 0.2) is 24.3 Å². The molecule has 3 heteroatoms. The highest BCUT2D eigenvalue weighted by Crippen LogP contribution is 2.57. The molecule has 1 N–H and O–H groups in total. The first-order valence-corrected chi connectivity index (χ1v) is 8.22. The lowest BCUT2D eigenvalue weighted by molar-refractivity contribution is -0.174. The number of methoxy groups -OCH3 is 1. The fraction of sp³-hybridized carbons (Fsp3) is 0.667. The average Bonchev–Trinajstić information content (AvgIpc) is 2.44. The van der Waals surface area contributed by atoms with Gasteiger partial charge < -0.3 is 14.8 Å². The molecule has 2 fully saturated rings. The summed E-state index contributed by atoms with van der Waals surface area (Å²) in [5.41, 5.74) is 1.65. The summed E-state index contributed by atoms with van der Waals surface area (Å²) in [5, 5.41) is 3.83. The van der Waals surface area contributed by atoms with Gasteiger partial charge in [0.25, 0.3) is 0 Å². The molecule has 3 atom stereocenters. The van der Waals surface area contributed by atoms with Crippen LogP contribution in [-0.2, 0) is 4.74 Å². The Balaban J connectivity index is 1.67. The summed E-state index contributed by atoms with van der Waals surface area (Å²) in [5.74, 6) is 0.973. The topological polar surface area (TPSA) is 30.5 Å². The van der Waals surface area contributed by atoms with Gasteiger partial charge in [0.1, 0.15) is 5.75 Å². The highest BCUT2D eigenvalue weighted by Gasteiger charge is 2.58. The monoisotopic (exact) mass is 289 g/mol. The lowest BCUT2D eigenvalue weighted by Crippen LogP contribution is -2.67. The highest BCUT2D eigenvalue weighted by molar-refractivity contribution is 5.35. The molecule has 3 rings (SSSR count). The molecule has 0 bridgehead atoms. The van der Waals surface area contributed by atoms with Gasteiger partial charge in [-0.25, -0.2) is 0 Å². The summed E-state index contributed by atoms with van der Waals surface area (Å²) < 4.78 is 11.4. The van der Waals surface area contributed by atoms with E-state index in [1.54, 1.807) is 7.11 Å². The molecule has 116 valence electrons. The molecular weight excluding hydrogens is 262 g/mol. The molecule has 0 saturated heterocycles. The van der Waals surface area contributed by atoms with E-state index < -0.39 is 0 Å². The Morgan fingerprint density at radius 1 is 1.33 bits per heavy atom. The fourth-order valence-electron chi connectivity index (χ4n) is 4.09. The molecule has 2 aliphatic rings. The van der Waals surface area contributed by atoms with Crippen molar-refractivity contribution in [3.8, 4) is 5.75 Å². The Kier molecular flexibility index (Phi) is 4.23. The average molecular weight is 289 g/mol. The van der Waals surface area contributed by atoms with Crippen LogP contribution in [0.1, 0.15) is 51.1 Å². The van der Waals surface area contributed by atoms with Crippen molar-refractivity contribution in [2.24, 2.45) is 5.41 Å². The third-order valence-electron chi connectivity index (χ3n) is 5.49. The molecule has 21 heavy (non-hydrogen) atoms. The Bertz CT molecular complexity index is 484. The molecule has 2 unspecified atom stereocenters. The lowest BCUT2D eigenvalue weighted by atomic mass is 9.51. The zero-order chi connectivity index (χ0) is 14.9. The second-order valence-corrected chi connectivity index (χ2v) is 6.45. The van der Waals surface area contributed by atoms with Crippen LogP contribution < -0.4 is 10.1 Å². The highest BCUT2D eigenvalue weighted by atomic mass is 16.5. The van der Waals surface area contributed by atoms with Crippen LogP contribution in [0, 0.1) is 5.41 Å². The van der Waals surface area contributed by atoms with E-state index in [0.717, 1.165) is 18.8 Å². The summed E-state index contributed by atoms with van der Waals surface area (Å²) in [6.45, 7) is 5.17. The van der Waals surface area contributed by atoms with Crippen molar-refractivity contribution < 1.29 is 9.47 Å². The maximum absolute atomic E-state index is 5.93. The number of hydrogen-bond acceptors (Lipinski definition) is 3. The van der Waals surface area contributed by atoms with Crippen LogP contribution in [0.4, 0.5) is 0 Å². The van der Waals surface area contributed by atoms with Crippen molar-refractivity contribution in [3.63, 3.8) is 0 Å². The van der Waals surface area contributed by atoms with E-state index in [2.05, 4.69) is 31.3 Å². The first-order valence-electron chi connectivity index (χ1n) is 8.22. The zero-order valence-electron chi connectivity index (χ0n) is 13.4. The predicted octanol–water partition coefficient (Wildman–Crippen LogP) is 3.69. The zero-order valence-corrected chi connectivity index (χ0v) is 13.4. The second kappa shape index (κ2) is 5.98. The minimum Gasteiger partial charge on any atom is -0.496 e. The number of hydrogen-bond donors (Lipinski definition) is 1. The SMILES string of the molecule is CCOC1CC(N[C@@H](C)c2ccccc2OC)C12CCC2. The molecule has 1 aromatic rings. The first kappa shape index (κ1) is 14.9. The van der Waals surface area contributed by atoms with Crippen molar-refractivity contribution in [1.82, 2.24) is 5.32 Å². The number of benzene rings is 1. The van der Waals surface area contributed by atoms with Gasteiger partial charge in [0.15, 0.2) is 0 Å². The second-order valence-electron chi connectivity index (χ2n) is 6.45. The summed E-state index contributed by atoms with van der Waals surface area (Å²) in [6, 6.07) is 9.20. The molecular formula is C18H27NO2. The quantitative estimate of drug-likeness (QED) is 0.866. The van der Waals surface area contributed by atoms with Gasteiger partial charge >= 0.3 is 0 Å². The summed E-state index contributed by atoms with van der Waals surface area (Å²) in [7, 11) is 1.74. The van der Waals surface area contributed by atoms with Crippen LogP contribution >= 0.6 is 0 Å². The molecule has 0 amide bonds. The summed E-state index contributed by atoms with van der Waals surface area (Å²) in [4.78, 5) is 0. The Labute approximate surface area is 128 Å². The van der Waals surface area contributed by atoms with Gasteiger partial charge in [-0.05, 0) is 39.2 Å². The van der Waals surface area contributed by atoms with E-state index in [0.29, 0.717) is 23.6 Å². The minimum atomic E-state index is 0.311. The normalized spacial score (nSPS) is 27.8. The molecule has 0 aromatic heterocycles. The van der Waals surface area contributed by atoms with Crippen LogP contribution in [0.5, 0.6) is 5.75 Å². The van der Waals surface area contributed by atoms with Gasteiger partial charge in [-0.1, -0.05) is 24.6 Å². The van der Waals surface area contributed by atoms with Gasteiger partial charge in [-0.2, -0.15) is 0 Å². The lowest BCUT2D eigenvalue weighted by Gasteiger charge is -2.61. The molecule has 3 nitrogen and oxygen atoms in total. The van der Waals surface area contributed by atoms with Crippen molar-refractivity contribution in [2.45, 2.75) is 57.7 Å². The Morgan fingerprint density at radius 3 is 2.71 bits per heavy atom. The number of rotatable bonds is 6. The summed E-state index contributed by atoms with van der Waals surface area (Å²) >= 11 is 0. The Hall–Kier alpha value is -1.06. The van der Waals surface area contributed by atoms with Crippen LogP contribution in [0.3, 0.4) is 0 Å². The summed E-state index contributed by atoms with van der Waals surface area (Å²) in [6.07, 6.45) is 5.60. The van der Waals surface area contributed by atoms with Crippen LogP contribution in [-0.4, -0.2) is 25.9 Å². The Morgan fingerprint density at radius 2 is 2.10 bits per heavy atom. The van der Waals surface area contributed by atoms with E-state index in [9.17, 15) is 0 Å². The van der Waals surface area contributed by atoms with Gasteiger partial charge in [-0.15, -0.1) is 0 Å². The molecule has 0 radical (unpaired) electrons. The van der Waals surface area contributed by atoms with Gasteiger partial charge in [0.05, 0.1) is 13.2 Å². The number of nitrogens with one attached hydrogen (secondary N) is 1.